The molecule has 3 aliphatic heterocycles. The van der Waals surface area contributed by atoms with Gasteiger partial charge >= 0.3 is 10.2 Å². The number of hydrogen-bond acceptors (Lipinski definition) is 6. The number of methoxy groups -OCH3 is 1. The summed E-state index contributed by atoms with van der Waals surface area (Å²) in [6.45, 7) is 2.07. The zero-order valence-electron chi connectivity index (χ0n) is 27.8. The van der Waals surface area contributed by atoms with Crippen molar-refractivity contribution >= 4 is 32.9 Å². The van der Waals surface area contributed by atoms with Crippen molar-refractivity contribution in [2.45, 2.75) is 101 Å². The first-order valence-electron chi connectivity index (χ1n) is 17.9. The molecule has 10 nitrogen and oxygen atoms in total. The molecule has 5 fully saturated rings. The lowest BCUT2D eigenvalue weighted by Crippen LogP contribution is -2.55. The molecule has 2 amide bonds. The number of fused-ring (bicyclic) bond motifs is 9. The molecule has 254 valence electrons. The number of nitrogens with zero attached hydrogens (tertiary/aromatic N) is 3. The maximum absolute atomic E-state index is 14.9. The van der Waals surface area contributed by atoms with E-state index in [0.717, 1.165) is 85.9 Å². The number of likely N-dealkylation sites (N-methyl/N-ethyl adjacent to an activating group) is 1. The number of hydrogen-bond donors (Lipinski definition) is 2. The third kappa shape index (κ3) is 4.90. The van der Waals surface area contributed by atoms with Gasteiger partial charge in [-0.1, -0.05) is 25.3 Å². The van der Waals surface area contributed by atoms with Crippen LogP contribution in [0.25, 0.3) is 22.2 Å². The minimum Gasteiger partial charge on any atom is -0.497 e. The Bertz CT molecular complexity index is 1930. The van der Waals surface area contributed by atoms with E-state index in [2.05, 4.69) is 43.0 Å². The number of piperazine rings is 1. The van der Waals surface area contributed by atoms with Crippen LogP contribution in [-0.4, -0.2) is 80.0 Å². The van der Waals surface area contributed by atoms with Crippen LogP contribution in [0.2, 0.25) is 0 Å². The van der Waals surface area contributed by atoms with Crippen molar-refractivity contribution in [2.24, 2.45) is 5.41 Å². The SMILES string of the molecule is COc1ccc2c(c1)C1CC1(C(=O)N1CC3CCC(C1)N3C)Cn1c-2c(C2CCCCC2)c2ccc(C(=O)NS(=O)(=O)NC3CC3)cc21. The molecule has 3 aromatic rings. The summed E-state index contributed by atoms with van der Waals surface area (Å²) in [5.74, 6) is 0.826. The standard InChI is InChI=1S/C37H45N5O5S/c1-40-25-11-12-26(40)20-41(19-25)36(44)37-18-31(37)30-17-27(47-2)13-15-28(30)34-33(22-6-4-3-5-7-22)29-14-8-23(16-32(29)42(34)21-37)35(43)39-48(45,46)38-24-9-10-24/h8,13-17,22,24-26,31,38H,3-7,9-12,18-21H2,1-2H3,(H,39,43). The van der Waals surface area contributed by atoms with Crippen molar-refractivity contribution in [1.82, 2.24) is 23.8 Å². The fourth-order valence-electron chi connectivity index (χ4n) is 9.65. The highest BCUT2D eigenvalue weighted by Gasteiger charge is 2.64. The highest BCUT2D eigenvalue weighted by atomic mass is 32.2. The third-order valence-corrected chi connectivity index (χ3v) is 13.6. The number of likely N-dealkylation sites (tertiary alicyclic amines) is 1. The largest absolute Gasteiger partial charge is 0.497 e. The number of ether oxygens (including phenoxy) is 1. The summed E-state index contributed by atoms with van der Waals surface area (Å²) in [5, 5.41) is 1.09. The van der Waals surface area contributed by atoms with Crippen molar-refractivity contribution in [2.75, 3.05) is 27.2 Å². The molecule has 0 spiro atoms. The number of nitrogens with one attached hydrogen (secondary N) is 2. The van der Waals surface area contributed by atoms with Crippen molar-refractivity contribution < 1.29 is 22.7 Å². The molecule has 6 aliphatic rings. The van der Waals surface area contributed by atoms with E-state index in [1.165, 1.54) is 30.4 Å². The van der Waals surface area contributed by atoms with E-state index in [9.17, 15) is 18.0 Å². The van der Waals surface area contributed by atoms with E-state index in [-0.39, 0.29) is 17.9 Å². The van der Waals surface area contributed by atoms with E-state index in [1.54, 1.807) is 13.2 Å². The van der Waals surface area contributed by atoms with E-state index >= 15 is 0 Å². The fourth-order valence-corrected chi connectivity index (χ4v) is 10.7. The van der Waals surface area contributed by atoms with Gasteiger partial charge in [0, 0.05) is 65.7 Å². The minimum absolute atomic E-state index is 0.0756. The minimum atomic E-state index is -3.97. The molecular formula is C37H45N5O5S. The lowest BCUT2D eigenvalue weighted by Gasteiger charge is -2.40. The molecule has 4 unspecified atom stereocenters. The lowest BCUT2D eigenvalue weighted by molar-refractivity contribution is -0.141. The highest BCUT2D eigenvalue weighted by molar-refractivity contribution is 7.88. The molecule has 4 heterocycles. The van der Waals surface area contributed by atoms with Gasteiger partial charge in [-0.2, -0.15) is 13.1 Å². The smallest absolute Gasteiger partial charge is 0.301 e. The normalized spacial score (nSPS) is 28.4. The molecule has 2 bridgehead atoms. The molecule has 2 aromatic carbocycles. The van der Waals surface area contributed by atoms with Gasteiger partial charge in [0.15, 0.2) is 0 Å². The maximum atomic E-state index is 14.9. The number of carbonyl (C=O) groups excluding carboxylic acids is 2. The van der Waals surface area contributed by atoms with Crippen LogP contribution in [0.15, 0.2) is 36.4 Å². The predicted octanol–water partition coefficient (Wildman–Crippen LogP) is 4.88. The molecule has 2 saturated heterocycles. The average Bonchev–Trinajstić information content (AvgIpc) is 4.00. The van der Waals surface area contributed by atoms with Crippen LogP contribution in [0.1, 0.15) is 97.5 Å². The van der Waals surface area contributed by atoms with Crippen molar-refractivity contribution in [3.05, 3.63) is 53.1 Å². The van der Waals surface area contributed by atoms with Crippen molar-refractivity contribution in [1.29, 1.82) is 0 Å². The molecule has 11 heteroatoms. The Kier molecular flexibility index (Phi) is 7.05. The summed E-state index contributed by atoms with van der Waals surface area (Å²) in [7, 11) is -0.0735. The van der Waals surface area contributed by atoms with E-state index in [1.807, 2.05) is 18.2 Å². The Labute approximate surface area is 282 Å². The molecule has 2 N–H and O–H groups in total. The molecule has 0 radical (unpaired) electrons. The van der Waals surface area contributed by atoms with E-state index in [4.69, 9.17) is 4.74 Å². The topological polar surface area (TPSA) is 113 Å². The van der Waals surface area contributed by atoms with Crippen LogP contribution < -0.4 is 14.2 Å². The Morgan fingerprint density at radius 2 is 1.69 bits per heavy atom. The van der Waals surface area contributed by atoms with Gasteiger partial charge in [-0.05, 0) is 99.4 Å². The second-order valence-electron chi connectivity index (χ2n) is 15.4. The second kappa shape index (κ2) is 11.1. The van der Waals surface area contributed by atoms with Gasteiger partial charge in [-0.3, -0.25) is 14.5 Å². The van der Waals surface area contributed by atoms with Crippen LogP contribution in [-0.2, 0) is 21.5 Å². The van der Waals surface area contributed by atoms with Crippen LogP contribution in [0, 0.1) is 5.41 Å². The number of rotatable bonds is 7. The van der Waals surface area contributed by atoms with Gasteiger partial charge in [0.1, 0.15) is 5.75 Å². The highest BCUT2D eigenvalue weighted by Crippen LogP contribution is 2.66. The number of benzene rings is 2. The molecule has 1 aromatic heterocycles. The maximum Gasteiger partial charge on any atom is 0.301 e. The van der Waals surface area contributed by atoms with Crippen LogP contribution in [0.4, 0.5) is 0 Å². The summed E-state index contributed by atoms with van der Waals surface area (Å²) in [6, 6.07) is 12.7. The number of aromatic nitrogens is 1. The Morgan fingerprint density at radius 3 is 2.40 bits per heavy atom. The van der Waals surface area contributed by atoms with Crippen LogP contribution in [0.5, 0.6) is 5.75 Å². The van der Waals surface area contributed by atoms with Crippen molar-refractivity contribution in [3.8, 4) is 17.0 Å². The monoisotopic (exact) mass is 671 g/mol. The summed E-state index contributed by atoms with van der Waals surface area (Å²) < 4.78 is 38.2. The summed E-state index contributed by atoms with van der Waals surface area (Å²) in [4.78, 5) is 32.9. The first kappa shape index (κ1) is 30.6. The van der Waals surface area contributed by atoms with Crippen molar-refractivity contribution in [3.63, 3.8) is 0 Å². The van der Waals surface area contributed by atoms with E-state index in [0.29, 0.717) is 30.1 Å². The first-order valence-corrected chi connectivity index (χ1v) is 19.3. The van der Waals surface area contributed by atoms with Gasteiger partial charge in [-0.25, -0.2) is 4.72 Å². The third-order valence-electron chi connectivity index (χ3n) is 12.5. The molecule has 3 aliphatic carbocycles. The molecule has 3 saturated carbocycles. The van der Waals surface area contributed by atoms with Gasteiger partial charge in [0.05, 0.1) is 18.2 Å². The quantitative estimate of drug-likeness (QED) is 0.370. The van der Waals surface area contributed by atoms with Gasteiger partial charge in [0.25, 0.3) is 5.91 Å². The second-order valence-corrected chi connectivity index (χ2v) is 16.8. The first-order chi connectivity index (χ1) is 23.2. The Hall–Kier alpha value is -3.41. The molecule has 48 heavy (non-hydrogen) atoms. The lowest BCUT2D eigenvalue weighted by atomic mass is 9.81. The summed E-state index contributed by atoms with van der Waals surface area (Å²) >= 11 is 0. The van der Waals surface area contributed by atoms with Crippen LogP contribution in [0.3, 0.4) is 0 Å². The van der Waals surface area contributed by atoms with E-state index < -0.39 is 21.5 Å². The predicted molar refractivity (Wildman–Crippen MR) is 183 cm³/mol. The zero-order valence-corrected chi connectivity index (χ0v) is 28.7. The fraction of sp³-hybridized carbons (Fsp3) is 0.568. The summed E-state index contributed by atoms with van der Waals surface area (Å²) in [5.41, 5.74) is 5.36. The summed E-state index contributed by atoms with van der Waals surface area (Å²) in [6.07, 6.45) is 10.4. The molecule has 4 atom stereocenters. The zero-order chi connectivity index (χ0) is 32.9. The molecule has 9 rings (SSSR count). The number of carbonyl (C=O) groups is 2. The number of amides is 2. The van der Waals surface area contributed by atoms with Gasteiger partial charge < -0.3 is 14.2 Å². The Balaban J connectivity index is 1.19. The Morgan fingerprint density at radius 1 is 0.938 bits per heavy atom. The average molecular weight is 672 g/mol. The van der Waals surface area contributed by atoms with Crippen LogP contribution >= 0.6 is 0 Å². The van der Waals surface area contributed by atoms with Gasteiger partial charge in [0.2, 0.25) is 5.91 Å². The molecular weight excluding hydrogens is 627 g/mol. The van der Waals surface area contributed by atoms with Gasteiger partial charge in [-0.15, -0.1) is 0 Å².